The molecule has 16 heavy (non-hydrogen) atoms. The van der Waals surface area contributed by atoms with Crippen LogP contribution in [0.5, 0.6) is 0 Å². The monoisotopic (exact) mass is 260 g/mol. The van der Waals surface area contributed by atoms with E-state index in [1.54, 1.807) is 18.2 Å². The Hall–Kier alpha value is -0.900. The molecule has 1 aromatic rings. The summed E-state index contributed by atoms with van der Waals surface area (Å²) in [7, 11) is 0. The summed E-state index contributed by atoms with van der Waals surface area (Å²) in [5.41, 5.74) is 0.776. The molecule has 1 aliphatic heterocycles. The van der Waals surface area contributed by atoms with Gasteiger partial charge in [0, 0.05) is 16.5 Å². The van der Waals surface area contributed by atoms with Gasteiger partial charge in [-0.05, 0) is 23.8 Å². The van der Waals surface area contributed by atoms with Crippen molar-refractivity contribution in [2.45, 2.75) is 12.5 Å². The van der Waals surface area contributed by atoms with Gasteiger partial charge in [-0.2, -0.15) is 0 Å². The zero-order valence-electron chi connectivity index (χ0n) is 8.32. The maximum Gasteiger partial charge on any atom is 0.230 e. The lowest BCUT2D eigenvalue weighted by molar-refractivity contribution is 0.0503. The predicted octanol–water partition coefficient (Wildman–Crippen LogP) is 2.74. The molecule has 1 aliphatic rings. The third kappa shape index (κ3) is 2.61. The molecule has 0 bridgehead atoms. The smallest absolute Gasteiger partial charge is 0.230 e. The highest BCUT2D eigenvalue weighted by molar-refractivity contribution is 6.33. The molecule has 86 valence electrons. The molecule has 0 saturated heterocycles. The second-order valence-corrected chi connectivity index (χ2v) is 4.25. The van der Waals surface area contributed by atoms with Gasteiger partial charge in [0.15, 0.2) is 5.76 Å². The fraction of sp³-hybridized carbons (Fsp3) is 0.273. The Kier molecular flexibility index (Phi) is 3.59. The first kappa shape index (κ1) is 11.6. The van der Waals surface area contributed by atoms with Gasteiger partial charge in [0.2, 0.25) is 6.79 Å². The number of hydrogen-bond acceptors (Lipinski definition) is 3. The number of rotatable bonds is 3. The third-order valence-electron chi connectivity index (χ3n) is 2.24. The highest BCUT2D eigenvalue weighted by Gasteiger charge is 2.18. The lowest BCUT2D eigenvalue weighted by atomic mass is 10.1. The van der Waals surface area contributed by atoms with Crippen LogP contribution in [0.3, 0.4) is 0 Å². The second-order valence-electron chi connectivity index (χ2n) is 3.40. The summed E-state index contributed by atoms with van der Waals surface area (Å²) in [4.78, 5) is 0. The van der Waals surface area contributed by atoms with E-state index in [2.05, 4.69) is 0 Å². The van der Waals surface area contributed by atoms with E-state index in [4.69, 9.17) is 32.7 Å². The lowest BCUT2D eigenvalue weighted by Crippen LogP contribution is -2.14. The molecule has 1 unspecified atom stereocenters. The van der Waals surface area contributed by atoms with Crippen LogP contribution in [0.2, 0.25) is 10.0 Å². The van der Waals surface area contributed by atoms with Crippen LogP contribution in [-0.2, 0) is 15.9 Å². The number of aliphatic hydroxyl groups excluding tert-OH is 1. The standard InChI is InChI=1S/C11H10Cl2O3/c12-8-1-2-9(13)7(3-8)4-10(14)11-5-15-6-16-11/h1-3,5,10,14H,4,6H2. The summed E-state index contributed by atoms with van der Waals surface area (Å²) in [6.07, 6.45) is 0.982. The molecule has 2 rings (SSSR count). The normalized spacial score (nSPS) is 16.3. The first-order valence-electron chi connectivity index (χ1n) is 4.73. The van der Waals surface area contributed by atoms with Crippen molar-refractivity contribution >= 4 is 23.2 Å². The Morgan fingerprint density at radius 2 is 2.19 bits per heavy atom. The Labute approximate surface area is 103 Å². The minimum Gasteiger partial charge on any atom is -0.462 e. The van der Waals surface area contributed by atoms with Gasteiger partial charge in [-0.3, -0.25) is 0 Å². The molecule has 0 fully saturated rings. The van der Waals surface area contributed by atoms with Crippen LogP contribution < -0.4 is 0 Å². The molecular formula is C11H10Cl2O3. The first-order chi connectivity index (χ1) is 7.66. The summed E-state index contributed by atoms with van der Waals surface area (Å²) in [5.74, 6) is 0.413. The molecule has 3 nitrogen and oxygen atoms in total. The quantitative estimate of drug-likeness (QED) is 0.909. The molecule has 0 spiro atoms. The van der Waals surface area contributed by atoms with Gasteiger partial charge in [-0.15, -0.1) is 0 Å². The van der Waals surface area contributed by atoms with Crippen molar-refractivity contribution in [2.24, 2.45) is 0 Å². The van der Waals surface area contributed by atoms with Crippen molar-refractivity contribution in [3.05, 3.63) is 45.8 Å². The van der Waals surface area contributed by atoms with E-state index in [0.717, 1.165) is 5.56 Å². The van der Waals surface area contributed by atoms with Gasteiger partial charge in [-0.25, -0.2) is 0 Å². The van der Waals surface area contributed by atoms with Gasteiger partial charge in [-0.1, -0.05) is 23.2 Å². The fourth-order valence-electron chi connectivity index (χ4n) is 1.44. The van der Waals surface area contributed by atoms with Crippen LogP contribution in [0.4, 0.5) is 0 Å². The minimum absolute atomic E-state index is 0.148. The molecular weight excluding hydrogens is 251 g/mol. The SMILES string of the molecule is OC(Cc1cc(Cl)ccc1Cl)C1=COCO1. The minimum atomic E-state index is -0.765. The Morgan fingerprint density at radius 1 is 1.38 bits per heavy atom. The number of benzene rings is 1. The van der Waals surface area contributed by atoms with Crippen LogP contribution in [0.15, 0.2) is 30.2 Å². The number of halogens is 2. The molecule has 0 aromatic heterocycles. The topological polar surface area (TPSA) is 38.7 Å². The molecule has 0 aliphatic carbocycles. The highest BCUT2D eigenvalue weighted by atomic mass is 35.5. The van der Waals surface area contributed by atoms with E-state index in [1.807, 2.05) is 0 Å². The lowest BCUT2D eigenvalue weighted by Gasteiger charge is -2.11. The summed E-state index contributed by atoms with van der Waals surface area (Å²) < 4.78 is 9.94. The van der Waals surface area contributed by atoms with Gasteiger partial charge >= 0.3 is 0 Å². The maximum atomic E-state index is 9.84. The maximum absolute atomic E-state index is 9.84. The molecule has 1 N–H and O–H groups in total. The van der Waals surface area contributed by atoms with Crippen LogP contribution >= 0.6 is 23.2 Å². The molecule has 1 aromatic carbocycles. The van der Waals surface area contributed by atoms with Crippen LogP contribution in [0.25, 0.3) is 0 Å². The first-order valence-corrected chi connectivity index (χ1v) is 5.49. The van der Waals surface area contributed by atoms with E-state index >= 15 is 0 Å². The van der Waals surface area contributed by atoms with Crippen molar-refractivity contribution < 1.29 is 14.6 Å². The molecule has 0 amide bonds. The fourth-order valence-corrected chi connectivity index (χ4v) is 1.83. The zero-order chi connectivity index (χ0) is 11.5. The molecule has 0 saturated carbocycles. The van der Waals surface area contributed by atoms with Gasteiger partial charge in [0.05, 0.1) is 0 Å². The van der Waals surface area contributed by atoms with Crippen molar-refractivity contribution in [3.63, 3.8) is 0 Å². The molecule has 1 atom stereocenters. The van der Waals surface area contributed by atoms with Gasteiger partial charge in [0.25, 0.3) is 0 Å². The van der Waals surface area contributed by atoms with Crippen LogP contribution in [0.1, 0.15) is 5.56 Å². The van der Waals surface area contributed by atoms with Crippen molar-refractivity contribution in [2.75, 3.05) is 6.79 Å². The largest absolute Gasteiger partial charge is 0.462 e. The van der Waals surface area contributed by atoms with E-state index < -0.39 is 6.10 Å². The van der Waals surface area contributed by atoms with E-state index in [9.17, 15) is 5.11 Å². The predicted molar refractivity (Wildman–Crippen MR) is 61.3 cm³/mol. The van der Waals surface area contributed by atoms with E-state index in [0.29, 0.717) is 22.2 Å². The molecule has 5 heteroatoms. The molecule has 0 radical (unpaired) electrons. The Bertz CT molecular complexity index is 418. The summed E-state index contributed by atoms with van der Waals surface area (Å²) in [5, 5.41) is 11.0. The second kappa shape index (κ2) is 4.95. The summed E-state index contributed by atoms with van der Waals surface area (Å²) in [6, 6.07) is 5.13. The van der Waals surface area contributed by atoms with Crippen molar-refractivity contribution in [1.82, 2.24) is 0 Å². The number of hydrogen-bond donors (Lipinski definition) is 1. The Morgan fingerprint density at radius 3 is 2.88 bits per heavy atom. The summed E-state index contributed by atoms with van der Waals surface area (Å²) in [6.45, 7) is 0.148. The summed E-state index contributed by atoms with van der Waals surface area (Å²) >= 11 is 11.8. The third-order valence-corrected chi connectivity index (χ3v) is 2.85. The Balaban J connectivity index is 2.10. The average Bonchev–Trinajstić information content (AvgIpc) is 2.76. The van der Waals surface area contributed by atoms with Crippen molar-refractivity contribution in [1.29, 1.82) is 0 Å². The van der Waals surface area contributed by atoms with Gasteiger partial charge < -0.3 is 14.6 Å². The number of aliphatic hydroxyl groups is 1. The average molecular weight is 261 g/mol. The van der Waals surface area contributed by atoms with E-state index in [-0.39, 0.29) is 6.79 Å². The van der Waals surface area contributed by atoms with Crippen LogP contribution in [-0.4, -0.2) is 18.0 Å². The molecule has 1 heterocycles. The van der Waals surface area contributed by atoms with Crippen molar-refractivity contribution in [3.8, 4) is 0 Å². The van der Waals surface area contributed by atoms with Crippen LogP contribution in [0, 0.1) is 0 Å². The van der Waals surface area contributed by atoms with Gasteiger partial charge in [0.1, 0.15) is 12.4 Å². The number of ether oxygens (including phenoxy) is 2. The highest BCUT2D eigenvalue weighted by Crippen LogP contribution is 2.24. The zero-order valence-corrected chi connectivity index (χ0v) is 9.83. The van der Waals surface area contributed by atoms with E-state index in [1.165, 1.54) is 6.26 Å².